The van der Waals surface area contributed by atoms with Crippen molar-refractivity contribution in [3.05, 3.63) is 35.9 Å². The van der Waals surface area contributed by atoms with Crippen molar-refractivity contribution in [3.8, 4) is 11.4 Å². The number of rotatable bonds is 2. The third-order valence-electron chi connectivity index (χ3n) is 2.71. The minimum atomic E-state index is -0.226. The van der Waals surface area contributed by atoms with Gasteiger partial charge in [0.1, 0.15) is 12.1 Å². The third-order valence-corrected chi connectivity index (χ3v) is 2.71. The minimum absolute atomic E-state index is 0.226. The first-order valence-corrected chi connectivity index (χ1v) is 5.00. The number of benzene rings is 1. The summed E-state index contributed by atoms with van der Waals surface area (Å²) in [6, 6.07) is 5.34. The molecule has 0 radical (unpaired) electrons. The SMILES string of the molecule is Fc1cc(C2CC2)ccc1-c1ncn[nH]1. The number of aromatic nitrogens is 3. The van der Waals surface area contributed by atoms with E-state index in [0.29, 0.717) is 17.3 Å². The van der Waals surface area contributed by atoms with Gasteiger partial charge >= 0.3 is 0 Å². The highest BCUT2D eigenvalue weighted by Gasteiger charge is 2.24. The molecule has 0 amide bonds. The Balaban J connectivity index is 2.02. The van der Waals surface area contributed by atoms with Gasteiger partial charge in [-0.3, -0.25) is 5.10 Å². The summed E-state index contributed by atoms with van der Waals surface area (Å²) in [5, 5.41) is 6.36. The molecular formula is C11H10FN3. The van der Waals surface area contributed by atoms with Gasteiger partial charge in [0.25, 0.3) is 0 Å². The van der Waals surface area contributed by atoms with Gasteiger partial charge in [-0.1, -0.05) is 6.07 Å². The topological polar surface area (TPSA) is 41.6 Å². The van der Waals surface area contributed by atoms with E-state index < -0.39 is 0 Å². The highest BCUT2D eigenvalue weighted by molar-refractivity contribution is 5.56. The van der Waals surface area contributed by atoms with Crippen molar-refractivity contribution in [1.29, 1.82) is 0 Å². The molecule has 2 aromatic rings. The number of nitrogens with zero attached hydrogens (tertiary/aromatic N) is 2. The van der Waals surface area contributed by atoms with Gasteiger partial charge in [0.15, 0.2) is 5.82 Å². The Bertz CT molecular complexity index is 475. The summed E-state index contributed by atoms with van der Waals surface area (Å²) in [6.07, 6.45) is 3.74. The van der Waals surface area contributed by atoms with Crippen LogP contribution in [-0.2, 0) is 0 Å². The van der Waals surface area contributed by atoms with Crippen molar-refractivity contribution in [2.75, 3.05) is 0 Å². The van der Waals surface area contributed by atoms with Crippen molar-refractivity contribution in [2.24, 2.45) is 0 Å². The Morgan fingerprint density at radius 1 is 1.33 bits per heavy atom. The van der Waals surface area contributed by atoms with Crippen LogP contribution in [0, 0.1) is 5.82 Å². The second-order valence-electron chi connectivity index (χ2n) is 3.85. The molecule has 0 atom stereocenters. The van der Waals surface area contributed by atoms with Gasteiger partial charge in [-0.15, -0.1) is 0 Å². The van der Waals surface area contributed by atoms with E-state index in [1.807, 2.05) is 6.07 Å². The first-order chi connectivity index (χ1) is 7.34. The zero-order valence-electron chi connectivity index (χ0n) is 8.07. The number of hydrogen-bond acceptors (Lipinski definition) is 2. The van der Waals surface area contributed by atoms with Crippen molar-refractivity contribution < 1.29 is 4.39 Å². The van der Waals surface area contributed by atoms with Crippen LogP contribution in [0.1, 0.15) is 24.3 Å². The summed E-state index contributed by atoms with van der Waals surface area (Å²) in [5.41, 5.74) is 1.58. The first-order valence-electron chi connectivity index (χ1n) is 5.00. The lowest BCUT2D eigenvalue weighted by molar-refractivity contribution is 0.627. The molecule has 1 aromatic heterocycles. The van der Waals surface area contributed by atoms with Gasteiger partial charge in [-0.2, -0.15) is 5.10 Å². The lowest BCUT2D eigenvalue weighted by Crippen LogP contribution is -1.89. The fourth-order valence-corrected chi connectivity index (χ4v) is 1.73. The molecule has 0 spiro atoms. The van der Waals surface area contributed by atoms with Gasteiger partial charge in [-0.05, 0) is 36.5 Å². The highest BCUT2D eigenvalue weighted by atomic mass is 19.1. The van der Waals surface area contributed by atoms with Gasteiger partial charge in [0.05, 0.1) is 5.56 Å². The summed E-state index contributed by atoms with van der Waals surface area (Å²) < 4.78 is 13.7. The molecule has 1 aliphatic rings. The average molecular weight is 203 g/mol. The van der Waals surface area contributed by atoms with E-state index in [2.05, 4.69) is 15.2 Å². The van der Waals surface area contributed by atoms with Gasteiger partial charge in [0, 0.05) is 0 Å². The number of H-pyrrole nitrogens is 1. The molecule has 1 fully saturated rings. The van der Waals surface area contributed by atoms with E-state index in [1.165, 1.54) is 19.2 Å². The monoisotopic (exact) mass is 203 g/mol. The number of hydrogen-bond donors (Lipinski definition) is 1. The maximum Gasteiger partial charge on any atom is 0.158 e. The molecule has 1 aromatic carbocycles. The summed E-state index contributed by atoms with van der Waals surface area (Å²) in [5.74, 6) is 0.828. The first kappa shape index (κ1) is 8.59. The lowest BCUT2D eigenvalue weighted by Gasteiger charge is -2.02. The van der Waals surface area contributed by atoms with E-state index in [1.54, 1.807) is 12.1 Å². The maximum atomic E-state index is 13.7. The Kier molecular flexibility index (Phi) is 1.80. The quantitative estimate of drug-likeness (QED) is 0.814. The molecule has 3 nitrogen and oxygen atoms in total. The molecule has 0 unspecified atom stereocenters. The Labute approximate surface area is 86.4 Å². The van der Waals surface area contributed by atoms with Crippen molar-refractivity contribution in [2.45, 2.75) is 18.8 Å². The molecule has 15 heavy (non-hydrogen) atoms. The van der Waals surface area contributed by atoms with Crippen LogP contribution in [0.15, 0.2) is 24.5 Å². The molecule has 0 saturated heterocycles. The van der Waals surface area contributed by atoms with Gasteiger partial charge in [0.2, 0.25) is 0 Å². The molecule has 76 valence electrons. The standard InChI is InChI=1S/C11H10FN3/c12-10-5-8(7-1-2-7)3-4-9(10)11-13-6-14-15-11/h3-7H,1-2H2,(H,13,14,15). The lowest BCUT2D eigenvalue weighted by atomic mass is 10.1. The van der Waals surface area contributed by atoms with Crippen LogP contribution in [0.4, 0.5) is 4.39 Å². The molecule has 1 saturated carbocycles. The average Bonchev–Trinajstić information content (AvgIpc) is 2.95. The smallest absolute Gasteiger partial charge is 0.158 e. The van der Waals surface area contributed by atoms with E-state index in [4.69, 9.17) is 0 Å². The Morgan fingerprint density at radius 2 is 2.20 bits per heavy atom. The largest absolute Gasteiger partial charge is 0.259 e. The van der Waals surface area contributed by atoms with Crippen LogP contribution in [0.25, 0.3) is 11.4 Å². The summed E-state index contributed by atoms with van der Waals surface area (Å²) in [4.78, 5) is 3.93. The second kappa shape index (κ2) is 3.15. The maximum absolute atomic E-state index is 13.7. The number of halogens is 1. The van der Waals surface area contributed by atoms with Crippen LogP contribution < -0.4 is 0 Å². The van der Waals surface area contributed by atoms with Crippen LogP contribution >= 0.6 is 0 Å². The molecule has 1 N–H and O–H groups in total. The van der Waals surface area contributed by atoms with Crippen molar-refractivity contribution >= 4 is 0 Å². The normalized spacial score (nSPS) is 15.5. The van der Waals surface area contributed by atoms with E-state index in [-0.39, 0.29) is 5.82 Å². The summed E-state index contributed by atoms with van der Waals surface area (Å²) in [6.45, 7) is 0. The summed E-state index contributed by atoms with van der Waals surface area (Å²) >= 11 is 0. The number of nitrogens with one attached hydrogen (secondary N) is 1. The van der Waals surface area contributed by atoms with Crippen molar-refractivity contribution in [3.63, 3.8) is 0 Å². The van der Waals surface area contributed by atoms with Crippen LogP contribution in [-0.4, -0.2) is 15.2 Å². The van der Waals surface area contributed by atoms with Gasteiger partial charge in [-0.25, -0.2) is 9.37 Å². The fraction of sp³-hybridized carbons (Fsp3) is 0.273. The predicted molar refractivity (Wildman–Crippen MR) is 53.8 cm³/mol. The van der Waals surface area contributed by atoms with Crippen LogP contribution in [0.2, 0.25) is 0 Å². The fourth-order valence-electron chi connectivity index (χ4n) is 1.73. The molecule has 3 rings (SSSR count). The molecular weight excluding hydrogens is 193 g/mol. The zero-order valence-corrected chi connectivity index (χ0v) is 8.07. The van der Waals surface area contributed by atoms with Crippen LogP contribution in [0.3, 0.4) is 0 Å². The predicted octanol–water partition coefficient (Wildman–Crippen LogP) is 2.49. The van der Waals surface area contributed by atoms with Crippen molar-refractivity contribution in [1.82, 2.24) is 15.2 Å². The number of aromatic amines is 1. The Morgan fingerprint density at radius 3 is 2.80 bits per heavy atom. The molecule has 0 aliphatic heterocycles. The molecule has 0 bridgehead atoms. The minimum Gasteiger partial charge on any atom is -0.259 e. The molecule has 1 heterocycles. The second-order valence-corrected chi connectivity index (χ2v) is 3.85. The molecule has 1 aliphatic carbocycles. The highest BCUT2D eigenvalue weighted by Crippen LogP contribution is 2.40. The zero-order chi connectivity index (χ0) is 10.3. The van der Waals surface area contributed by atoms with E-state index in [0.717, 1.165) is 5.56 Å². The van der Waals surface area contributed by atoms with E-state index >= 15 is 0 Å². The third kappa shape index (κ3) is 1.52. The van der Waals surface area contributed by atoms with E-state index in [9.17, 15) is 4.39 Å². The van der Waals surface area contributed by atoms with Gasteiger partial charge < -0.3 is 0 Å². The molecule has 4 heteroatoms. The van der Waals surface area contributed by atoms with Crippen LogP contribution in [0.5, 0.6) is 0 Å². The summed E-state index contributed by atoms with van der Waals surface area (Å²) in [7, 11) is 0. The Hall–Kier alpha value is -1.71.